The van der Waals surface area contributed by atoms with Gasteiger partial charge in [-0.1, -0.05) is 30.3 Å². The fraction of sp³-hybridized carbons (Fsp3) is 0.227. The quantitative estimate of drug-likeness (QED) is 0.590. The first kappa shape index (κ1) is 19.5. The molecule has 0 saturated carbocycles. The molecule has 6 nitrogen and oxygen atoms in total. The molecular formula is C22H24N4O2. The summed E-state index contributed by atoms with van der Waals surface area (Å²) < 4.78 is 0. The molecule has 144 valence electrons. The second kappa shape index (κ2) is 9.10. The molecule has 1 heterocycles. The molecule has 2 aromatic carbocycles. The third-order valence-corrected chi connectivity index (χ3v) is 4.27. The minimum atomic E-state index is -0.337. The number of hydrogen-bond acceptors (Lipinski definition) is 5. The van der Waals surface area contributed by atoms with E-state index in [2.05, 4.69) is 20.6 Å². The Morgan fingerprint density at radius 3 is 2.25 bits per heavy atom. The molecule has 1 atom stereocenters. The first-order valence-electron chi connectivity index (χ1n) is 9.18. The van der Waals surface area contributed by atoms with E-state index in [1.165, 1.54) is 0 Å². The number of aliphatic hydroxyl groups excluding tert-OH is 1. The third kappa shape index (κ3) is 5.37. The van der Waals surface area contributed by atoms with Gasteiger partial charge in [0.25, 0.3) is 5.91 Å². The smallest absolute Gasteiger partial charge is 0.251 e. The summed E-state index contributed by atoms with van der Waals surface area (Å²) in [7, 11) is 0. The van der Waals surface area contributed by atoms with E-state index in [9.17, 15) is 9.90 Å². The lowest BCUT2D eigenvalue weighted by molar-refractivity contribution is 0.0916. The van der Waals surface area contributed by atoms with Gasteiger partial charge in [0.1, 0.15) is 0 Å². The molecule has 1 amide bonds. The largest absolute Gasteiger partial charge is 0.394 e. The summed E-state index contributed by atoms with van der Waals surface area (Å²) in [5.41, 5.74) is 4.16. The Morgan fingerprint density at radius 2 is 1.64 bits per heavy atom. The van der Waals surface area contributed by atoms with Crippen molar-refractivity contribution in [2.45, 2.75) is 26.3 Å². The van der Waals surface area contributed by atoms with Crippen LogP contribution in [-0.4, -0.2) is 33.6 Å². The first-order chi connectivity index (χ1) is 13.5. The van der Waals surface area contributed by atoms with Crippen molar-refractivity contribution in [2.24, 2.45) is 0 Å². The normalized spacial score (nSPS) is 11.7. The van der Waals surface area contributed by atoms with Crippen molar-refractivity contribution >= 4 is 17.5 Å². The molecule has 6 heteroatoms. The summed E-state index contributed by atoms with van der Waals surface area (Å²) in [4.78, 5) is 21.2. The van der Waals surface area contributed by atoms with E-state index < -0.39 is 0 Å². The number of aromatic nitrogens is 2. The van der Waals surface area contributed by atoms with Crippen LogP contribution in [0.1, 0.15) is 27.3 Å². The molecule has 0 bridgehead atoms. The summed E-state index contributed by atoms with van der Waals surface area (Å²) in [6.07, 6.45) is 0.576. The third-order valence-electron chi connectivity index (χ3n) is 4.27. The highest BCUT2D eigenvalue weighted by molar-refractivity contribution is 5.94. The van der Waals surface area contributed by atoms with Crippen molar-refractivity contribution in [3.63, 3.8) is 0 Å². The molecule has 3 N–H and O–H groups in total. The van der Waals surface area contributed by atoms with Crippen molar-refractivity contribution in [3.8, 4) is 0 Å². The van der Waals surface area contributed by atoms with Gasteiger partial charge >= 0.3 is 0 Å². The SMILES string of the molecule is Cc1cc(C)nc(Nc2ccc(C(=O)N[C@H](CO)Cc3ccccc3)cc2)n1. The zero-order valence-corrected chi connectivity index (χ0v) is 16.0. The molecule has 0 aliphatic heterocycles. The number of hydrogen-bond donors (Lipinski definition) is 3. The maximum absolute atomic E-state index is 12.5. The number of aryl methyl sites for hydroxylation is 2. The van der Waals surface area contributed by atoms with Crippen molar-refractivity contribution in [3.05, 3.63) is 83.2 Å². The van der Waals surface area contributed by atoms with Crippen LogP contribution in [-0.2, 0) is 6.42 Å². The molecule has 28 heavy (non-hydrogen) atoms. The molecule has 0 radical (unpaired) electrons. The predicted molar refractivity (Wildman–Crippen MR) is 110 cm³/mol. The van der Waals surface area contributed by atoms with Crippen LogP contribution in [0.3, 0.4) is 0 Å². The van der Waals surface area contributed by atoms with Crippen molar-refractivity contribution in [1.82, 2.24) is 15.3 Å². The van der Waals surface area contributed by atoms with E-state index in [0.717, 1.165) is 22.6 Å². The lowest BCUT2D eigenvalue weighted by Gasteiger charge is -2.16. The summed E-state index contributed by atoms with van der Waals surface area (Å²) in [6, 6.07) is 18.4. The van der Waals surface area contributed by atoms with Gasteiger partial charge in [0.2, 0.25) is 5.95 Å². The zero-order chi connectivity index (χ0) is 19.9. The first-order valence-corrected chi connectivity index (χ1v) is 9.18. The standard InChI is InChI=1S/C22H24N4O2/c1-15-12-16(2)24-22(23-15)26-19-10-8-18(9-11-19)21(28)25-20(14-27)13-17-6-4-3-5-7-17/h3-12,20,27H,13-14H2,1-2H3,(H,25,28)(H,23,24,26)/t20-/m0/s1. The van der Waals surface area contributed by atoms with Crippen molar-refractivity contribution < 1.29 is 9.90 Å². The monoisotopic (exact) mass is 376 g/mol. The Kier molecular flexibility index (Phi) is 6.34. The highest BCUT2D eigenvalue weighted by Crippen LogP contribution is 2.15. The zero-order valence-electron chi connectivity index (χ0n) is 16.0. The van der Waals surface area contributed by atoms with Crippen molar-refractivity contribution in [1.29, 1.82) is 0 Å². The van der Waals surface area contributed by atoms with Gasteiger partial charge in [-0.3, -0.25) is 4.79 Å². The molecule has 0 saturated heterocycles. The second-order valence-electron chi connectivity index (χ2n) is 6.72. The molecule has 3 rings (SSSR count). The number of nitrogens with zero attached hydrogens (tertiary/aromatic N) is 2. The maximum Gasteiger partial charge on any atom is 0.251 e. The number of benzene rings is 2. The van der Waals surface area contributed by atoms with Gasteiger partial charge in [-0.2, -0.15) is 0 Å². The minimum Gasteiger partial charge on any atom is -0.394 e. The average molecular weight is 376 g/mol. The van der Waals surface area contributed by atoms with Crippen LogP contribution in [0, 0.1) is 13.8 Å². The summed E-state index contributed by atoms with van der Waals surface area (Å²) in [5, 5.41) is 15.6. The van der Waals surface area contributed by atoms with Crippen LogP contribution in [0.25, 0.3) is 0 Å². The number of nitrogens with one attached hydrogen (secondary N) is 2. The van der Waals surface area contributed by atoms with Gasteiger partial charge in [0.15, 0.2) is 0 Å². The molecule has 0 unspecified atom stereocenters. The average Bonchev–Trinajstić information content (AvgIpc) is 2.68. The van der Waals surface area contributed by atoms with Crippen LogP contribution >= 0.6 is 0 Å². The number of amides is 1. The van der Waals surface area contributed by atoms with Gasteiger partial charge in [0, 0.05) is 22.6 Å². The van der Waals surface area contributed by atoms with E-state index in [0.29, 0.717) is 17.9 Å². The molecular weight excluding hydrogens is 352 g/mol. The summed E-state index contributed by atoms with van der Waals surface area (Å²) in [5.74, 6) is 0.307. The number of rotatable bonds is 7. The highest BCUT2D eigenvalue weighted by atomic mass is 16.3. The Bertz CT molecular complexity index is 907. The molecule has 1 aromatic heterocycles. The Balaban J connectivity index is 1.62. The van der Waals surface area contributed by atoms with Crippen LogP contribution in [0.15, 0.2) is 60.7 Å². The van der Waals surface area contributed by atoms with E-state index in [1.54, 1.807) is 24.3 Å². The number of carbonyl (C=O) groups excluding carboxylic acids is 1. The molecule has 3 aromatic rings. The van der Waals surface area contributed by atoms with Crippen LogP contribution < -0.4 is 10.6 Å². The van der Waals surface area contributed by atoms with Crippen molar-refractivity contribution in [2.75, 3.05) is 11.9 Å². The van der Waals surface area contributed by atoms with Gasteiger partial charge in [0.05, 0.1) is 12.6 Å². The Morgan fingerprint density at radius 1 is 1.00 bits per heavy atom. The van der Waals surface area contributed by atoms with Gasteiger partial charge in [-0.15, -0.1) is 0 Å². The van der Waals surface area contributed by atoms with E-state index >= 15 is 0 Å². The Labute approximate surface area is 164 Å². The predicted octanol–water partition coefficient (Wildman–Crippen LogP) is 3.17. The topological polar surface area (TPSA) is 87.1 Å². The summed E-state index contributed by atoms with van der Waals surface area (Å²) >= 11 is 0. The lowest BCUT2D eigenvalue weighted by Crippen LogP contribution is -2.39. The minimum absolute atomic E-state index is 0.121. The van der Waals surface area contributed by atoms with E-state index in [-0.39, 0.29) is 18.6 Å². The number of anilines is 2. The van der Waals surface area contributed by atoms with Gasteiger partial charge < -0.3 is 15.7 Å². The highest BCUT2D eigenvalue weighted by Gasteiger charge is 2.14. The van der Waals surface area contributed by atoms with Crippen LogP contribution in [0.2, 0.25) is 0 Å². The van der Waals surface area contributed by atoms with Gasteiger partial charge in [-0.25, -0.2) is 9.97 Å². The molecule has 0 fully saturated rings. The second-order valence-corrected chi connectivity index (χ2v) is 6.72. The van der Waals surface area contributed by atoms with E-state index in [1.807, 2.05) is 50.2 Å². The fourth-order valence-corrected chi connectivity index (χ4v) is 2.94. The molecule has 0 spiro atoms. The molecule has 0 aliphatic rings. The van der Waals surface area contributed by atoms with Gasteiger partial charge in [-0.05, 0) is 56.2 Å². The fourth-order valence-electron chi connectivity index (χ4n) is 2.94. The lowest BCUT2D eigenvalue weighted by atomic mass is 10.1. The maximum atomic E-state index is 12.5. The number of carbonyl (C=O) groups is 1. The molecule has 0 aliphatic carbocycles. The van der Waals surface area contributed by atoms with Crippen LogP contribution in [0.5, 0.6) is 0 Å². The number of aliphatic hydroxyl groups is 1. The Hall–Kier alpha value is -3.25. The van der Waals surface area contributed by atoms with E-state index in [4.69, 9.17) is 0 Å². The van der Waals surface area contributed by atoms with Crippen LogP contribution in [0.4, 0.5) is 11.6 Å². The summed E-state index contributed by atoms with van der Waals surface area (Å²) in [6.45, 7) is 3.71.